The van der Waals surface area contributed by atoms with Gasteiger partial charge in [-0.05, 0) is 39.9 Å². The number of hydrogen-bond acceptors (Lipinski definition) is 4. The van der Waals surface area contributed by atoms with E-state index in [1.165, 1.54) is 0 Å². The predicted octanol–water partition coefficient (Wildman–Crippen LogP) is 3.37. The summed E-state index contributed by atoms with van der Waals surface area (Å²) in [6.07, 6.45) is 0. The van der Waals surface area contributed by atoms with Gasteiger partial charge in [0, 0.05) is 19.8 Å². The summed E-state index contributed by atoms with van der Waals surface area (Å²) in [5.74, 6) is 0. The van der Waals surface area contributed by atoms with Gasteiger partial charge in [-0.3, -0.25) is 0 Å². The molecule has 0 aliphatic carbocycles. The molecule has 0 aromatic rings. The fourth-order valence-corrected chi connectivity index (χ4v) is 3.67. The van der Waals surface area contributed by atoms with Crippen molar-refractivity contribution >= 4 is 17.8 Å². The molecule has 0 saturated heterocycles. The van der Waals surface area contributed by atoms with Crippen molar-refractivity contribution in [1.29, 1.82) is 0 Å². The SMILES string of the molecule is CCO[SiH](OCC)OCC.CN(C)[Si](C)(C)C(C)(C)C. The molecule has 0 N–H and O–H groups in total. The van der Waals surface area contributed by atoms with Gasteiger partial charge in [-0.2, -0.15) is 0 Å². The number of nitrogens with zero attached hydrogens (tertiary/aromatic N) is 1. The summed E-state index contributed by atoms with van der Waals surface area (Å²) in [6.45, 7) is 19.7. The smallest absolute Gasteiger partial charge is 0.376 e. The molecular formula is C14H37NO3Si2. The first-order chi connectivity index (χ1) is 9.04. The highest BCUT2D eigenvalue weighted by Crippen LogP contribution is 2.36. The first-order valence-electron chi connectivity index (χ1n) is 7.56. The summed E-state index contributed by atoms with van der Waals surface area (Å²) >= 11 is 0. The average molecular weight is 324 g/mol. The zero-order valence-electron chi connectivity index (χ0n) is 15.4. The molecule has 0 saturated carbocycles. The van der Waals surface area contributed by atoms with Crippen LogP contribution in [0.2, 0.25) is 18.1 Å². The van der Waals surface area contributed by atoms with Gasteiger partial charge in [-0.25, -0.2) is 0 Å². The highest BCUT2D eigenvalue weighted by atomic mass is 28.3. The topological polar surface area (TPSA) is 30.9 Å². The molecule has 0 aromatic carbocycles. The van der Waals surface area contributed by atoms with Crippen molar-refractivity contribution in [2.75, 3.05) is 33.9 Å². The molecule has 0 atom stereocenters. The molecular weight excluding hydrogens is 286 g/mol. The summed E-state index contributed by atoms with van der Waals surface area (Å²) in [4.78, 5) is 0. The molecule has 0 heterocycles. The van der Waals surface area contributed by atoms with Gasteiger partial charge >= 0.3 is 9.53 Å². The Morgan fingerprint density at radius 2 is 1.15 bits per heavy atom. The van der Waals surface area contributed by atoms with Crippen LogP contribution in [0.1, 0.15) is 41.5 Å². The second-order valence-electron chi connectivity index (χ2n) is 6.36. The fraction of sp³-hybridized carbons (Fsp3) is 1.00. The van der Waals surface area contributed by atoms with Crippen molar-refractivity contribution in [3.05, 3.63) is 0 Å². The Hall–Kier alpha value is 0.274. The largest absolute Gasteiger partial charge is 0.484 e. The van der Waals surface area contributed by atoms with E-state index < -0.39 is 17.8 Å². The van der Waals surface area contributed by atoms with Crippen LogP contribution >= 0.6 is 0 Å². The number of rotatable bonds is 7. The summed E-state index contributed by atoms with van der Waals surface area (Å²) in [5.41, 5.74) is 0. The molecule has 0 rings (SSSR count). The Morgan fingerprint density at radius 3 is 1.25 bits per heavy atom. The second-order valence-corrected chi connectivity index (χ2v) is 13.4. The predicted molar refractivity (Wildman–Crippen MR) is 92.9 cm³/mol. The summed E-state index contributed by atoms with van der Waals surface area (Å²) in [5, 5.41) is 0.483. The maximum absolute atomic E-state index is 5.22. The van der Waals surface area contributed by atoms with Gasteiger partial charge in [-0.1, -0.05) is 33.9 Å². The minimum Gasteiger partial charge on any atom is -0.376 e. The Balaban J connectivity index is 0. The molecule has 0 spiro atoms. The van der Waals surface area contributed by atoms with E-state index in [1.54, 1.807) is 0 Å². The lowest BCUT2D eigenvalue weighted by Gasteiger charge is -2.42. The van der Waals surface area contributed by atoms with E-state index in [9.17, 15) is 0 Å². The third-order valence-corrected chi connectivity index (χ3v) is 11.6. The molecule has 0 fully saturated rings. The number of hydrogen-bond donors (Lipinski definition) is 0. The van der Waals surface area contributed by atoms with Crippen LogP contribution in [0.15, 0.2) is 0 Å². The molecule has 0 radical (unpaired) electrons. The highest BCUT2D eigenvalue weighted by Gasteiger charge is 2.37. The van der Waals surface area contributed by atoms with E-state index in [0.717, 1.165) is 0 Å². The molecule has 0 amide bonds. The molecule has 0 unspecified atom stereocenters. The van der Waals surface area contributed by atoms with Crippen LogP contribution in [-0.2, 0) is 13.3 Å². The van der Waals surface area contributed by atoms with E-state index in [-0.39, 0.29) is 0 Å². The first-order valence-corrected chi connectivity index (χ1v) is 11.9. The lowest BCUT2D eigenvalue weighted by molar-refractivity contribution is 0.107. The van der Waals surface area contributed by atoms with Gasteiger partial charge in [0.25, 0.3) is 0 Å². The maximum Gasteiger partial charge on any atom is 0.484 e. The monoisotopic (exact) mass is 323 g/mol. The lowest BCUT2D eigenvalue weighted by atomic mass is 10.2. The minimum absolute atomic E-state index is 0.483. The van der Waals surface area contributed by atoms with Gasteiger partial charge < -0.3 is 17.8 Å². The molecule has 0 aromatic heterocycles. The van der Waals surface area contributed by atoms with Crippen LogP contribution in [0.25, 0.3) is 0 Å². The van der Waals surface area contributed by atoms with Gasteiger partial charge in [-0.15, -0.1) is 0 Å². The Labute approximate surface area is 129 Å². The Bertz CT molecular complexity index is 217. The van der Waals surface area contributed by atoms with Gasteiger partial charge in [0.1, 0.15) is 8.24 Å². The first kappa shape index (κ1) is 22.6. The molecule has 0 aliphatic rings. The van der Waals surface area contributed by atoms with E-state index in [2.05, 4.69) is 52.5 Å². The van der Waals surface area contributed by atoms with Crippen molar-refractivity contribution in [2.45, 2.75) is 59.7 Å². The minimum atomic E-state index is -1.73. The van der Waals surface area contributed by atoms with Crippen LogP contribution in [0.4, 0.5) is 0 Å². The van der Waals surface area contributed by atoms with Gasteiger partial charge in [0.2, 0.25) is 0 Å². The van der Waals surface area contributed by atoms with Crippen molar-refractivity contribution < 1.29 is 13.3 Å². The standard InChI is InChI=1S/C8H21NSi.C6H16O3Si/c1-8(2,3)10(6,7)9(4)5;1-4-7-10(8-5-2)9-6-3/h1-7H3;10H,4-6H2,1-3H3. The van der Waals surface area contributed by atoms with Crippen LogP contribution < -0.4 is 0 Å². The average Bonchev–Trinajstić information content (AvgIpc) is 2.29. The zero-order chi connectivity index (χ0) is 16.4. The quantitative estimate of drug-likeness (QED) is 0.672. The van der Waals surface area contributed by atoms with E-state index in [0.29, 0.717) is 24.9 Å². The van der Waals surface area contributed by atoms with Crippen molar-refractivity contribution in [3.63, 3.8) is 0 Å². The van der Waals surface area contributed by atoms with Crippen molar-refractivity contribution in [3.8, 4) is 0 Å². The molecule has 0 bridgehead atoms. The normalized spacial score (nSPS) is 12.6. The van der Waals surface area contributed by atoms with Crippen LogP contribution in [0.5, 0.6) is 0 Å². The molecule has 0 aliphatic heterocycles. The lowest BCUT2D eigenvalue weighted by Crippen LogP contribution is -2.50. The summed E-state index contributed by atoms with van der Waals surface area (Å²) < 4.78 is 18.1. The van der Waals surface area contributed by atoms with Crippen LogP contribution in [-0.4, -0.2) is 56.2 Å². The van der Waals surface area contributed by atoms with Gasteiger partial charge in [0.15, 0.2) is 0 Å². The highest BCUT2D eigenvalue weighted by molar-refractivity contribution is 6.77. The molecule has 20 heavy (non-hydrogen) atoms. The van der Waals surface area contributed by atoms with E-state index in [4.69, 9.17) is 13.3 Å². The fourth-order valence-electron chi connectivity index (χ4n) is 1.22. The molecule has 124 valence electrons. The second kappa shape index (κ2) is 10.9. The van der Waals surface area contributed by atoms with Crippen LogP contribution in [0, 0.1) is 0 Å². The van der Waals surface area contributed by atoms with E-state index >= 15 is 0 Å². The maximum atomic E-state index is 5.22. The Kier molecular flexibility index (Phi) is 12.3. The third-order valence-electron chi connectivity index (χ3n) is 3.86. The van der Waals surface area contributed by atoms with Crippen LogP contribution in [0.3, 0.4) is 0 Å². The molecule has 4 nitrogen and oxygen atoms in total. The summed E-state index contributed by atoms with van der Waals surface area (Å²) in [6, 6.07) is 0. The van der Waals surface area contributed by atoms with E-state index in [1.807, 2.05) is 20.8 Å². The summed E-state index contributed by atoms with van der Waals surface area (Å²) in [7, 11) is 1.50. The third kappa shape index (κ3) is 9.25. The van der Waals surface area contributed by atoms with Crippen molar-refractivity contribution in [2.24, 2.45) is 0 Å². The van der Waals surface area contributed by atoms with Crippen molar-refractivity contribution in [1.82, 2.24) is 4.57 Å². The van der Waals surface area contributed by atoms with Gasteiger partial charge in [0.05, 0.1) is 0 Å². The Morgan fingerprint density at radius 1 is 0.850 bits per heavy atom. The zero-order valence-corrected chi connectivity index (χ0v) is 17.5. The molecule has 6 heteroatoms.